The first-order valence-electron chi connectivity index (χ1n) is 10.2. The fourth-order valence-corrected chi connectivity index (χ4v) is 2.35. The lowest BCUT2D eigenvalue weighted by atomic mass is 10.2. The third kappa shape index (κ3) is 18.7. The molecule has 0 saturated heterocycles. The molecular weight excluding hydrogens is 322 g/mol. The molecule has 148 valence electrons. The lowest BCUT2D eigenvalue weighted by molar-refractivity contribution is -0.138. The molecule has 1 atom stereocenters. The van der Waals surface area contributed by atoms with E-state index in [2.05, 4.69) is 60.8 Å². The van der Waals surface area contributed by atoms with E-state index in [9.17, 15) is 4.79 Å². The summed E-state index contributed by atoms with van der Waals surface area (Å²) >= 11 is 0. The van der Waals surface area contributed by atoms with Gasteiger partial charge in [0.2, 0.25) is 0 Å². The molecule has 0 aromatic heterocycles. The molecule has 26 heavy (non-hydrogen) atoms. The largest absolute Gasteiger partial charge is 0.480 e. The molecule has 0 aromatic carbocycles. The van der Waals surface area contributed by atoms with Crippen LogP contribution in [0, 0.1) is 0 Å². The Bertz CT molecular complexity index is 435. The zero-order valence-corrected chi connectivity index (χ0v) is 16.8. The summed E-state index contributed by atoms with van der Waals surface area (Å²) in [5, 5.41) is 11.7. The Kier molecular flexibility index (Phi) is 18.5. The Labute approximate surface area is 161 Å². The average molecular weight is 362 g/mol. The highest BCUT2D eigenvalue weighted by Gasteiger charge is 2.07. The van der Waals surface area contributed by atoms with Crippen LogP contribution < -0.4 is 5.32 Å². The molecule has 0 unspecified atom stereocenters. The molecule has 0 spiro atoms. The topological polar surface area (TPSA) is 49.3 Å². The molecular formula is C23H39NO2. The smallest absolute Gasteiger partial charge is 0.320 e. The zero-order chi connectivity index (χ0) is 19.3. The van der Waals surface area contributed by atoms with Crippen LogP contribution in [0.1, 0.15) is 78.1 Å². The standard InChI is InChI=1S/C23H39NO2/c1-3-4-5-6-7-8-9-10-11-12-13-14-15-16-17-18-19-20-21-24-22(2)23(25)26/h7-8,10-11,13-14,16-17,22,24H,3-6,9,12,15,18-21H2,1-2H3,(H,25,26)/b8-7-,11-10-,14-13-,17-16-/t22-/m0/s1. The van der Waals surface area contributed by atoms with Crippen molar-refractivity contribution in [2.24, 2.45) is 0 Å². The molecule has 3 nitrogen and oxygen atoms in total. The van der Waals surface area contributed by atoms with Gasteiger partial charge in [-0.15, -0.1) is 0 Å². The van der Waals surface area contributed by atoms with Gasteiger partial charge in [0.05, 0.1) is 0 Å². The van der Waals surface area contributed by atoms with Crippen molar-refractivity contribution in [3.05, 3.63) is 48.6 Å². The maximum Gasteiger partial charge on any atom is 0.320 e. The first-order chi connectivity index (χ1) is 12.7. The number of hydrogen-bond acceptors (Lipinski definition) is 2. The van der Waals surface area contributed by atoms with E-state index in [-0.39, 0.29) is 0 Å². The van der Waals surface area contributed by atoms with Gasteiger partial charge < -0.3 is 10.4 Å². The van der Waals surface area contributed by atoms with Crippen molar-refractivity contribution in [1.82, 2.24) is 5.32 Å². The molecule has 0 aliphatic carbocycles. The van der Waals surface area contributed by atoms with Gasteiger partial charge in [-0.2, -0.15) is 0 Å². The molecule has 0 fully saturated rings. The van der Waals surface area contributed by atoms with Crippen LogP contribution in [0.2, 0.25) is 0 Å². The summed E-state index contributed by atoms with van der Waals surface area (Å²) in [5.41, 5.74) is 0. The second-order valence-corrected chi connectivity index (χ2v) is 6.60. The lowest BCUT2D eigenvalue weighted by Gasteiger charge is -2.07. The molecule has 0 saturated carbocycles. The molecule has 0 aliphatic rings. The van der Waals surface area contributed by atoms with E-state index in [1.807, 2.05) is 0 Å². The van der Waals surface area contributed by atoms with Crippen LogP contribution in [0.5, 0.6) is 0 Å². The van der Waals surface area contributed by atoms with Crippen molar-refractivity contribution in [2.75, 3.05) is 6.54 Å². The van der Waals surface area contributed by atoms with Gasteiger partial charge in [-0.25, -0.2) is 0 Å². The molecule has 0 rings (SSSR count). The summed E-state index contributed by atoms with van der Waals surface area (Å²) in [6.45, 7) is 4.68. The average Bonchev–Trinajstić information content (AvgIpc) is 2.63. The Morgan fingerprint density at radius 3 is 1.73 bits per heavy atom. The highest BCUT2D eigenvalue weighted by atomic mass is 16.4. The zero-order valence-electron chi connectivity index (χ0n) is 16.8. The molecule has 3 heteroatoms. The summed E-state index contributed by atoms with van der Waals surface area (Å²) in [7, 11) is 0. The second-order valence-electron chi connectivity index (χ2n) is 6.60. The normalized spacial score (nSPS) is 13.6. The summed E-state index contributed by atoms with van der Waals surface area (Å²) in [6, 6.07) is -0.452. The van der Waals surface area contributed by atoms with E-state index in [0.717, 1.165) is 45.1 Å². The van der Waals surface area contributed by atoms with E-state index in [4.69, 9.17) is 5.11 Å². The number of carboxylic acids is 1. The number of nitrogens with one attached hydrogen (secondary N) is 1. The number of unbranched alkanes of at least 4 members (excludes halogenated alkanes) is 5. The predicted molar refractivity (Wildman–Crippen MR) is 114 cm³/mol. The van der Waals surface area contributed by atoms with Crippen molar-refractivity contribution in [2.45, 2.75) is 84.1 Å². The van der Waals surface area contributed by atoms with Gasteiger partial charge in [0, 0.05) is 0 Å². The molecule has 0 radical (unpaired) electrons. The van der Waals surface area contributed by atoms with Crippen LogP contribution in [0.15, 0.2) is 48.6 Å². The van der Waals surface area contributed by atoms with Gasteiger partial charge in [-0.1, -0.05) is 68.4 Å². The Balaban J connectivity index is 3.42. The van der Waals surface area contributed by atoms with Gasteiger partial charge in [-0.05, 0) is 64.8 Å². The van der Waals surface area contributed by atoms with Crippen molar-refractivity contribution in [3.8, 4) is 0 Å². The van der Waals surface area contributed by atoms with Crippen molar-refractivity contribution in [3.63, 3.8) is 0 Å². The first-order valence-corrected chi connectivity index (χ1v) is 10.2. The van der Waals surface area contributed by atoms with E-state index in [1.54, 1.807) is 6.92 Å². The van der Waals surface area contributed by atoms with Crippen LogP contribution >= 0.6 is 0 Å². The summed E-state index contributed by atoms with van der Waals surface area (Å²) < 4.78 is 0. The fraction of sp³-hybridized carbons (Fsp3) is 0.609. The number of allylic oxidation sites excluding steroid dienone is 8. The van der Waals surface area contributed by atoms with Gasteiger partial charge >= 0.3 is 5.97 Å². The number of hydrogen-bond donors (Lipinski definition) is 2. The second kappa shape index (κ2) is 19.7. The van der Waals surface area contributed by atoms with Gasteiger partial charge in [-0.3, -0.25) is 4.79 Å². The molecule has 0 amide bonds. The van der Waals surface area contributed by atoms with Gasteiger partial charge in [0.15, 0.2) is 0 Å². The molecule has 2 N–H and O–H groups in total. The molecule has 0 bridgehead atoms. The highest BCUT2D eigenvalue weighted by Crippen LogP contribution is 2.01. The molecule has 0 heterocycles. The van der Waals surface area contributed by atoms with Gasteiger partial charge in [0.25, 0.3) is 0 Å². The minimum Gasteiger partial charge on any atom is -0.480 e. The maximum absolute atomic E-state index is 10.6. The quantitative estimate of drug-likeness (QED) is 0.240. The van der Waals surface area contributed by atoms with Gasteiger partial charge in [0.1, 0.15) is 6.04 Å². The van der Waals surface area contributed by atoms with E-state index >= 15 is 0 Å². The van der Waals surface area contributed by atoms with Crippen LogP contribution in [0.25, 0.3) is 0 Å². The monoisotopic (exact) mass is 361 g/mol. The Morgan fingerprint density at radius 1 is 0.808 bits per heavy atom. The Hall–Kier alpha value is -1.61. The number of aliphatic carboxylic acids is 1. The minimum absolute atomic E-state index is 0.452. The molecule has 0 aromatic rings. The first kappa shape index (κ1) is 24.4. The Morgan fingerprint density at radius 2 is 1.27 bits per heavy atom. The number of carbonyl (C=O) groups is 1. The lowest BCUT2D eigenvalue weighted by Crippen LogP contribution is -2.34. The SMILES string of the molecule is CCCCC/C=C\C/C=C\C/C=C\C/C=C\CCCCN[C@@H](C)C(=O)O. The predicted octanol–water partition coefficient (Wildman–Crippen LogP) is 6.19. The van der Waals surface area contributed by atoms with Crippen molar-refractivity contribution >= 4 is 5.97 Å². The van der Waals surface area contributed by atoms with Crippen LogP contribution in [0.4, 0.5) is 0 Å². The number of carboxylic acid groups (broad SMARTS) is 1. The third-order valence-corrected chi connectivity index (χ3v) is 4.08. The summed E-state index contributed by atoms with van der Waals surface area (Å²) in [4.78, 5) is 10.6. The van der Waals surface area contributed by atoms with Crippen molar-refractivity contribution < 1.29 is 9.90 Å². The maximum atomic E-state index is 10.6. The van der Waals surface area contributed by atoms with E-state index < -0.39 is 12.0 Å². The van der Waals surface area contributed by atoms with Crippen LogP contribution in [-0.4, -0.2) is 23.7 Å². The molecule has 0 aliphatic heterocycles. The van der Waals surface area contributed by atoms with Crippen LogP contribution in [-0.2, 0) is 4.79 Å². The van der Waals surface area contributed by atoms with Crippen LogP contribution in [0.3, 0.4) is 0 Å². The van der Waals surface area contributed by atoms with Crippen molar-refractivity contribution in [1.29, 1.82) is 0 Å². The number of rotatable bonds is 17. The minimum atomic E-state index is -0.787. The fourth-order valence-electron chi connectivity index (χ4n) is 2.35. The summed E-state index contributed by atoms with van der Waals surface area (Å²) in [6.07, 6.45) is 29.2. The highest BCUT2D eigenvalue weighted by molar-refractivity contribution is 5.72. The van der Waals surface area contributed by atoms with E-state index in [1.165, 1.54) is 25.7 Å². The van der Waals surface area contributed by atoms with E-state index in [0.29, 0.717) is 0 Å². The third-order valence-electron chi connectivity index (χ3n) is 4.08. The summed E-state index contributed by atoms with van der Waals surface area (Å²) in [5.74, 6) is -0.787.